The molecular formula is C10H13ClN2O2. The van der Waals surface area contributed by atoms with E-state index in [-0.39, 0.29) is 0 Å². The third kappa shape index (κ3) is 4.18. The van der Waals surface area contributed by atoms with E-state index in [1.807, 2.05) is 0 Å². The quantitative estimate of drug-likeness (QED) is 0.777. The average Bonchev–Trinajstić information content (AvgIpc) is 2.22. The van der Waals surface area contributed by atoms with Gasteiger partial charge in [-0.25, -0.2) is 4.79 Å². The van der Waals surface area contributed by atoms with Crippen LogP contribution >= 0.6 is 11.6 Å². The number of benzene rings is 1. The maximum absolute atomic E-state index is 11.2. The van der Waals surface area contributed by atoms with Crippen LogP contribution < -0.4 is 11.1 Å². The summed E-state index contributed by atoms with van der Waals surface area (Å²) in [4.78, 5) is 11.2. The van der Waals surface area contributed by atoms with Gasteiger partial charge < -0.3 is 10.5 Å². The van der Waals surface area contributed by atoms with E-state index >= 15 is 0 Å². The molecule has 0 saturated carbocycles. The molecule has 3 N–H and O–H groups in total. The molecule has 0 bridgehead atoms. The van der Waals surface area contributed by atoms with Crippen LogP contribution in [0.15, 0.2) is 24.3 Å². The molecule has 0 aliphatic heterocycles. The van der Waals surface area contributed by atoms with Crippen LogP contribution in [0.4, 0.5) is 10.5 Å². The normalized spacial score (nSPS) is 9.73. The summed E-state index contributed by atoms with van der Waals surface area (Å²) in [6.07, 6.45) is 0.132. The number of amides is 1. The first-order chi connectivity index (χ1) is 7.24. The average molecular weight is 229 g/mol. The summed E-state index contributed by atoms with van der Waals surface area (Å²) >= 11 is 5.84. The molecule has 0 atom stereocenters. The number of carbonyl (C=O) groups excluding carboxylic acids is 1. The van der Waals surface area contributed by atoms with Gasteiger partial charge in [0.15, 0.2) is 0 Å². The first-order valence-electron chi connectivity index (χ1n) is 4.62. The molecule has 0 heterocycles. The number of para-hydroxylation sites is 1. The van der Waals surface area contributed by atoms with Crippen LogP contribution in [-0.4, -0.2) is 19.2 Å². The van der Waals surface area contributed by atoms with Crippen LogP contribution in [0.25, 0.3) is 0 Å². The molecule has 5 heteroatoms. The lowest BCUT2D eigenvalue weighted by Crippen LogP contribution is -2.16. The zero-order valence-electron chi connectivity index (χ0n) is 8.20. The summed E-state index contributed by atoms with van der Waals surface area (Å²) < 4.78 is 4.85. The lowest BCUT2D eigenvalue weighted by Gasteiger charge is -2.07. The van der Waals surface area contributed by atoms with Gasteiger partial charge >= 0.3 is 6.09 Å². The van der Waals surface area contributed by atoms with Crippen molar-refractivity contribution in [1.82, 2.24) is 0 Å². The Morgan fingerprint density at radius 1 is 1.47 bits per heavy atom. The fourth-order valence-corrected chi connectivity index (χ4v) is 1.14. The van der Waals surface area contributed by atoms with Crippen molar-refractivity contribution in [2.45, 2.75) is 6.42 Å². The van der Waals surface area contributed by atoms with E-state index in [0.29, 0.717) is 30.3 Å². The first kappa shape index (κ1) is 11.8. The van der Waals surface area contributed by atoms with Crippen LogP contribution in [0.5, 0.6) is 0 Å². The third-order valence-electron chi connectivity index (χ3n) is 1.69. The Kier molecular flexibility index (Phi) is 4.93. The SMILES string of the molecule is NCCCOC(=O)Nc1ccccc1Cl. The van der Waals surface area contributed by atoms with Crippen LogP contribution in [-0.2, 0) is 4.74 Å². The van der Waals surface area contributed by atoms with Crippen LogP contribution in [0.2, 0.25) is 5.02 Å². The molecule has 1 aromatic carbocycles. The summed E-state index contributed by atoms with van der Waals surface area (Å²) in [5, 5.41) is 3.02. The summed E-state index contributed by atoms with van der Waals surface area (Å²) in [6.45, 7) is 0.812. The lowest BCUT2D eigenvalue weighted by atomic mass is 10.3. The van der Waals surface area contributed by atoms with Gasteiger partial charge in [0.2, 0.25) is 0 Å². The van der Waals surface area contributed by atoms with Gasteiger partial charge in [-0.3, -0.25) is 5.32 Å². The monoisotopic (exact) mass is 228 g/mol. The summed E-state index contributed by atoms with van der Waals surface area (Å²) in [5.41, 5.74) is 5.80. The van der Waals surface area contributed by atoms with Crippen molar-refractivity contribution in [1.29, 1.82) is 0 Å². The minimum absolute atomic E-state index is 0.312. The van der Waals surface area contributed by atoms with Gasteiger partial charge in [0, 0.05) is 0 Å². The number of nitrogens with two attached hydrogens (primary N) is 1. The molecule has 0 saturated heterocycles. The van der Waals surface area contributed by atoms with Crippen LogP contribution in [0, 0.1) is 0 Å². The minimum Gasteiger partial charge on any atom is -0.449 e. The Morgan fingerprint density at radius 2 is 2.20 bits per heavy atom. The lowest BCUT2D eigenvalue weighted by molar-refractivity contribution is 0.161. The molecule has 0 aromatic heterocycles. The first-order valence-corrected chi connectivity index (χ1v) is 5.00. The number of halogens is 1. The second-order valence-electron chi connectivity index (χ2n) is 2.88. The standard InChI is InChI=1S/C10H13ClN2O2/c11-8-4-1-2-5-9(8)13-10(14)15-7-3-6-12/h1-2,4-5H,3,6-7,12H2,(H,13,14). The van der Waals surface area contributed by atoms with Crippen molar-refractivity contribution >= 4 is 23.4 Å². The van der Waals surface area contributed by atoms with E-state index in [9.17, 15) is 4.79 Å². The number of carbonyl (C=O) groups is 1. The van der Waals surface area contributed by atoms with E-state index in [4.69, 9.17) is 22.1 Å². The Bertz CT molecular complexity index is 331. The molecule has 0 aliphatic carbocycles. The number of hydrogen-bond donors (Lipinski definition) is 2. The number of rotatable bonds is 4. The predicted octanol–water partition coefficient (Wildman–Crippen LogP) is 2.24. The van der Waals surface area contributed by atoms with Crippen molar-refractivity contribution in [3.05, 3.63) is 29.3 Å². The Morgan fingerprint density at radius 3 is 2.87 bits per heavy atom. The molecule has 0 aliphatic rings. The summed E-state index contributed by atoms with van der Waals surface area (Å²) in [5.74, 6) is 0. The van der Waals surface area contributed by atoms with Crippen molar-refractivity contribution in [3.8, 4) is 0 Å². The molecule has 0 spiro atoms. The Hall–Kier alpha value is -1.26. The van der Waals surface area contributed by atoms with E-state index in [1.54, 1.807) is 24.3 Å². The molecule has 82 valence electrons. The molecule has 0 unspecified atom stereocenters. The van der Waals surface area contributed by atoms with Crippen molar-refractivity contribution < 1.29 is 9.53 Å². The fraction of sp³-hybridized carbons (Fsp3) is 0.300. The molecular weight excluding hydrogens is 216 g/mol. The minimum atomic E-state index is -0.517. The van der Waals surface area contributed by atoms with Gasteiger partial charge in [0.1, 0.15) is 0 Å². The maximum atomic E-state index is 11.2. The molecule has 15 heavy (non-hydrogen) atoms. The highest BCUT2D eigenvalue weighted by atomic mass is 35.5. The molecule has 1 rings (SSSR count). The Balaban J connectivity index is 2.41. The topological polar surface area (TPSA) is 64.3 Å². The van der Waals surface area contributed by atoms with Crippen molar-refractivity contribution in [2.24, 2.45) is 5.73 Å². The van der Waals surface area contributed by atoms with Gasteiger partial charge in [0.25, 0.3) is 0 Å². The number of ether oxygens (including phenoxy) is 1. The zero-order chi connectivity index (χ0) is 11.1. The zero-order valence-corrected chi connectivity index (χ0v) is 8.96. The molecule has 0 fully saturated rings. The van der Waals surface area contributed by atoms with Crippen LogP contribution in [0.1, 0.15) is 6.42 Å². The van der Waals surface area contributed by atoms with Crippen molar-refractivity contribution in [3.63, 3.8) is 0 Å². The highest BCUT2D eigenvalue weighted by Gasteiger charge is 2.04. The third-order valence-corrected chi connectivity index (χ3v) is 2.02. The van der Waals surface area contributed by atoms with Crippen molar-refractivity contribution in [2.75, 3.05) is 18.5 Å². The maximum Gasteiger partial charge on any atom is 0.411 e. The van der Waals surface area contributed by atoms with Crippen LogP contribution in [0.3, 0.4) is 0 Å². The van der Waals surface area contributed by atoms with E-state index in [1.165, 1.54) is 0 Å². The van der Waals surface area contributed by atoms with Gasteiger partial charge in [0.05, 0.1) is 17.3 Å². The van der Waals surface area contributed by atoms with E-state index in [2.05, 4.69) is 5.32 Å². The highest BCUT2D eigenvalue weighted by molar-refractivity contribution is 6.33. The molecule has 4 nitrogen and oxygen atoms in total. The smallest absolute Gasteiger partial charge is 0.411 e. The van der Waals surface area contributed by atoms with Gasteiger partial charge in [-0.1, -0.05) is 23.7 Å². The number of nitrogens with one attached hydrogen (secondary N) is 1. The summed E-state index contributed by atoms with van der Waals surface area (Å²) in [6, 6.07) is 6.96. The second kappa shape index (κ2) is 6.27. The molecule has 1 aromatic rings. The predicted molar refractivity (Wildman–Crippen MR) is 60.1 cm³/mol. The molecule has 0 radical (unpaired) electrons. The van der Waals surface area contributed by atoms with Gasteiger partial charge in [-0.15, -0.1) is 0 Å². The summed E-state index contributed by atoms with van der Waals surface area (Å²) in [7, 11) is 0. The van der Waals surface area contributed by atoms with E-state index < -0.39 is 6.09 Å². The fourth-order valence-electron chi connectivity index (χ4n) is 0.957. The number of hydrogen-bond acceptors (Lipinski definition) is 3. The Labute approximate surface area is 93.4 Å². The van der Waals surface area contributed by atoms with Gasteiger partial charge in [-0.2, -0.15) is 0 Å². The number of anilines is 1. The highest BCUT2D eigenvalue weighted by Crippen LogP contribution is 2.20. The van der Waals surface area contributed by atoms with E-state index in [0.717, 1.165) is 0 Å². The van der Waals surface area contributed by atoms with Gasteiger partial charge in [-0.05, 0) is 25.1 Å². The second-order valence-corrected chi connectivity index (χ2v) is 3.29. The largest absolute Gasteiger partial charge is 0.449 e. The molecule has 1 amide bonds.